The third-order valence-electron chi connectivity index (χ3n) is 3.28. The Morgan fingerprint density at radius 2 is 1.84 bits per heavy atom. The second kappa shape index (κ2) is 6.71. The van der Waals surface area contributed by atoms with Gasteiger partial charge in [-0.3, -0.25) is 4.79 Å². The van der Waals surface area contributed by atoms with Gasteiger partial charge in [0.25, 0.3) is 0 Å². The van der Waals surface area contributed by atoms with Crippen LogP contribution in [0.2, 0.25) is 0 Å². The van der Waals surface area contributed by atoms with Crippen LogP contribution in [0.25, 0.3) is 0 Å². The summed E-state index contributed by atoms with van der Waals surface area (Å²) in [6.07, 6.45) is 0.927. The second-order valence-electron chi connectivity index (χ2n) is 6.14. The molecule has 0 saturated carbocycles. The molecule has 0 aliphatic rings. The van der Waals surface area contributed by atoms with Gasteiger partial charge in [-0.2, -0.15) is 0 Å². The molecule has 0 fully saturated rings. The van der Waals surface area contributed by atoms with E-state index in [1.54, 1.807) is 6.92 Å². The number of benzene rings is 1. The molecule has 0 heterocycles. The lowest BCUT2D eigenvalue weighted by Gasteiger charge is -2.19. The van der Waals surface area contributed by atoms with Crippen molar-refractivity contribution in [3.63, 3.8) is 0 Å². The molecule has 0 bridgehead atoms. The Hall–Kier alpha value is -1.35. The predicted molar refractivity (Wildman–Crippen MR) is 78.5 cm³/mol. The zero-order chi connectivity index (χ0) is 14.5. The van der Waals surface area contributed by atoms with Gasteiger partial charge in [0.2, 0.25) is 0 Å². The average Bonchev–Trinajstić information content (AvgIpc) is 2.33. The van der Waals surface area contributed by atoms with E-state index in [2.05, 4.69) is 50.4 Å². The molecule has 0 aliphatic heterocycles. The van der Waals surface area contributed by atoms with Crippen molar-refractivity contribution >= 4 is 5.97 Å². The maximum Gasteiger partial charge on any atom is 0.307 e. The Kier molecular flexibility index (Phi) is 5.55. The highest BCUT2D eigenvalue weighted by atomic mass is 16.4. The number of carboxylic acids is 1. The Morgan fingerprint density at radius 3 is 2.32 bits per heavy atom. The molecule has 3 nitrogen and oxygen atoms in total. The number of hydrogen-bond donors (Lipinski definition) is 2. The molecular weight excluding hydrogens is 238 g/mol. The maximum atomic E-state index is 10.7. The van der Waals surface area contributed by atoms with E-state index < -0.39 is 5.97 Å². The van der Waals surface area contributed by atoms with E-state index in [9.17, 15) is 4.79 Å². The molecular formula is C16H25NO2. The van der Waals surface area contributed by atoms with Crippen molar-refractivity contribution in [3.05, 3.63) is 35.4 Å². The molecule has 2 N–H and O–H groups in total. The molecule has 1 aromatic carbocycles. The summed E-state index contributed by atoms with van der Waals surface area (Å²) in [4.78, 5) is 10.7. The second-order valence-corrected chi connectivity index (χ2v) is 6.14. The molecule has 3 heteroatoms. The lowest BCUT2D eigenvalue weighted by atomic mass is 9.86. The van der Waals surface area contributed by atoms with E-state index in [-0.39, 0.29) is 11.3 Å². The Morgan fingerprint density at radius 1 is 1.26 bits per heavy atom. The number of rotatable bonds is 6. The minimum atomic E-state index is -0.748. The topological polar surface area (TPSA) is 49.3 Å². The summed E-state index contributed by atoms with van der Waals surface area (Å²) in [5, 5.41) is 11.9. The molecule has 106 valence electrons. The fourth-order valence-corrected chi connectivity index (χ4v) is 1.81. The maximum absolute atomic E-state index is 10.7. The molecule has 1 aromatic rings. The van der Waals surface area contributed by atoms with Gasteiger partial charge >= 0.3 is 5.97 Å². The molecule has 19 heavy (non-hydrogen) atoms. The summed E-state index contributed by atoms with van der Waals surface area (Å²) >= 11 is 0. The Labute approximate surface area is 116 Å². The summed E-state index contributed by atoms with van der Waals surface area (Å²) in [5.41, 5.74) is 2.81. The van der Waals surface area contributed by atoms with Crippen LogP contribution in [-0.2, 0) is 16.6 Å². The lowest BCUT2D eigenvalue weighted by Crippen LogP contribution is -2.27. The first-order valence-corrected chi connectivity index (χ1v) is 6.83. The first kappa shape index (κ1) is 15.7. The summed E-state index contributed by atoms with van der Waals surface area (Å²) in [7, 11) is 0. The molecule has 0 amide bonds. The van der Waals surface area contributed by atoms with Crippen LogP contribution in [0, 0.1) is 5.92 Å². The van der Waals surface area contributed by atoms with Crippen molar-refractivity contribution in [2.24, 2.45) is 5.92 Å². The summed E-state index contributed by atoms with van der Waals surface area (Å²) in [6.45, 7) is 9.67. The normalized spacial score (nSPS) is 13.3. The minimum Gasteiger partial charge on any atom is -0.481 e. The van der Waals surface area contributed by atoms with Gasteiger partial charge in [0.1, 0.15) is 0 Å². The summed E-state index contributed by atoms with van der Waals surface area (Å²) < 4.78 is 0. The SMILES string of the molecule is CC(CNCCc1ccc(C(C)(C)C)cc1)C(=O)O. The standard InChI is InChI=1S/C16H25NO2/c1-12(15(18)19)11-17-10-9-13-5-7-14(8-6-13)16(2,3)4/h5-8,12,17H,9-11H2,1-4H3,(H,18,19). The van der Waals surface area contributed by atoms with Gasteiger partial charge in [-0.15, -0.1) is 0 Å². The third kappa shape index (κ3) is 5.43. The lowest BCUT2D eigenvalue weighted by molar-refractivity contribution is -0.140. The van der Waals surface area contributed by atoms with Gasteiger partial charge < -0.3 is 10.4 Å². The zero-order valence-corrected chi connectivity index (χ0v) is 12.4. The smallest absolute Gasteiger partial charge is 0.307 e. The number of aliphatic carboxylic acids is 1. The van der Waals surface area contributed by atoms with Crippen LogP contribution in [0.1, 0.15) is 38.8 Å². The van der Waals surface area contributed by atoms with Crippen molar-refractivity contribution < 1.29 is 9.90 Å². The molecule has 0 aliphatic carbocycles. The highest BCUT2D eigenvalue weighted by Crippen LogP contribution is 2.22. The van der Waals surface area contributed by atoms with Crippen LogP contribution in [0.15, 0.2) is 24.3 Å². The monoisotopic (exact) mass is 263 g/mol. The highest BCUT2D eigenvalue weighted by Gasteiger charge is 2.13. The quantitative estimate of drug-likeness (QED) is 0.776. The minimum absolute atomic E-state index is 0.188. The first-order valence-electron chi connectivity index (χ1n) is 6.83. The highest BCUT2D eigenvalue weighted by molar-refractivity contribution is 5.69. The fraction of sp³-hybridized carbons (Fsp3) is 0.562. The average molecular weight is 263 g/mol. The summed E-state index contributed by atoms with van der Waals surface area (Å²) in [5.74, 6) is -1.08. The van der Waals surface area contributed by atoms with Gasteiger partial charge in [0.05, 0.1) is 5.92 Å². The van der Waals surface area contributed by atoms with Crippen LogP contribution in [0.5, 0.6) is 0 Å². The van der Waals surface area contributed by atoms with Crippen LogP contribution in [-0.4, -0.2) is 24.2 Å². The van der Waals surface area contributed by atoms with Gasteiger partial charge in [-0.25, -0.2) is 0 Å². The van der Waals surface area contributed by atoms with Crippen LogP contribution in [0.3, 0.4) is 0 Å². The van der Waals surface area contributed by atoms with Crippen molar-refractivity contribution in [2.45, 2.75) is 39.5 Å². The molecule has 0 radical (unpaired) electrons. The number of carbonyl (C=O) groups is 1. The van der Waals surface area contributed by atoms with Crippen LogP contribution in [0.4, 0.5) is 0 Å². The van der Waals surface area contributed by atoms with E-state index in [0.29, 0.717) is 6.54 Å². The van der Waals surface area contributed by atoms with Crippen molar-refractivity contribution in [1.82, 2.24) is 5.32 Å². The van der Waals surface area contributed by atoms with Gasteiger partial charge in [-0.1, -0.05) is 52.0 Å². The molecule has 1 atom stereocenters. The summed E-state index contributed by atoms with van der Waals surface area (Å²) in [6, 6.07) is 8.66. The van der Waals surface area contributed by atoms with Crippen molar-refractivity contribution in [1.29, 1.82) is 0 Å². The van der Waals surface area contributed by atoms with Gasteiger partial charge in [-0.05, 0) is 29.5 Å². The number of carboxylic acid groups (broad SMARTS) is 1. The van der Waals surface area contributed by atoms with Gasteiger partial charge in [0.15, 0.2) is 0 Å². The fourth-order valence-electron chi connectivity index (χ4n) is 1.81. The van der Waals surface area contributed by atoms with Crippen LogP contribution >= 0.6 is 0 Å². The molecule has 0 spiro atoms. The third-order valence-corrected chi connectivity index (χ3v) is 3.28. The van der Waals surface area contributed by atoms with E-state index in [1.165, 1.54) is 11.1 Å². The van der Waals surface area contributed by atoms with Crippen molar-refractivity contribution in [2.75, 3.05) is 13.1 Å². The van der Waals surface area contributed by atoms with Gasteiger partial charge in [0, 0.05) is 6.54 Å². The van der Waals surface area contributed by atoms with E-state index in [1.807, 2.05) is 0 Å². The zero-order valence-electron chi connectivity index (χ0n) is 12.4. The van der Waals surface area contributed by atoms with Crippen molar-refractivity contribution in [3.8, 4) is 0 Å². The Balaban J connectivity index is 2.37. The largest absolute Gasteiger partial charge is 0.481 e. The number of nitrogens with one attached hydrogen (secondary N) is 1. The molecule has 1 rings (SSSR count). The molecule has 0 saturated heterocycles. The van der Waals surface area contributed by atoms with Crippen LogP contribution < -0.4 is 5.32 Å². The first-order chi connectivity index (χ1) is 8.80. The Bertz CT molecular complexity index is 404. The number of hydrogen-bond acceptors (Lipinski definition) is 2. The van der Waals surface area contributed by atoms with E-state index in [4.69, 9.17) is 5.11 Å². The predicted octanol–water partition coefficient (Wildman–Crippen LogP) is 2.84. The molecule has 1 unspecified atom stereocenters. The molecule has 0 aromatic heterocycles. The van der Waals surface area contributed by atoms with E-state index in [0.717, 1.165) is 13.0 Å². The van der Waals surface area contributed by atoms with E-state index >= 15 is 0 Å².